The van der Waals surface area contributed by atoms with E-state index in [1.54, 1.807) is 19.1 Å². The summed E-state index contributed by atoms with van der Waals surface area (Å²) in [5.41, 5.74) is -1.07. The zero-order chi connectivity index (χ0) is 29.4. The van der Waals surface area contributed by atoms with E-state index < -0.39 is 35.2 Å². The fourth-order valence-electron chi connectivity index (χ4n) is 4.37. The molecule has 1 aliphatic carbocycles. The van der Waals surface area contributed by atoms with Gasteiger partial charge in [0.15, 0.2) is 6.29 Å². The Labute approximate surface area is 225 Å². The number of carbonyl (C=O) groups is 2. The highest BCUT2D eigenvalue weighted by molar-refractivity contribution is 5.75. The van der Waals surface area contributed by atoms with Crippen LogP contribution in [0.3, 0.4) is 0 Å². The molecule has 1 aliphatic rings. The first-order valence-corrected chi connectivity index (χ1v) is 12.3. The van der Waals surface area contributed by atoms with Crippen LogP contribution in [0, 0.1) is 17.2 Å². The first kappa shape index (κ1) is 31.5. The second-order valence-electron chi connectivity index (χ2n) is 9.44. The Kier molecular flexibility index (Phi) is 10.8. The third kappa shape index (κ3) is 8.15. The van der Waals surface area contributed by atoms with Crippen molar-refractivity contribution >= 4 is 18.1 Å². The van der Waals surface area contributed by atoms with Crippen LogP contribution in [0.1, 0.15) is 72.6 Å². The highest BCUT2D eigenvalue weighted by Crippen LogP contribution is 2.37. The Morgan fingerprint density at radius 2 is 1.92 bits per heavy atom. The number of ether oxygens (including phenoxy) is 1. The number of halogens is 3. The average Bonchev–Trinajstić information content (AvgIpc) is 2.92. The summed E-state index contributed by atoms with van der Waals surface area (Å²) >= 11 is 0. The van der Waals surface area contributed by atoms with Gasteiger partial charge in [0.1, 0.15) is 11.6 Å². The molecule has 1 heterocycles. The molecule has 1 aromatic heterocycles. The van der Waals surface area contributed by atoms with Crippen molar-refractivity contribution in [1.82, 2.24) is 10.3 Å². The molecule has 0 saturated heterocycles. The fraction of sp³-hybridized carbons (Fsp3) is 0.481. The zero-order valence-corrected chi connectivity index (χ0v) is 22.2. The molecule has 2 atom stereocenters. The average molecular weight is 551 g/mol. The highest BCUT2D eigenvalue weighted by atomic mass is 19.4. The SMILES string of the molecule is CNC(C)C1(O)CCC(C(=O)O)CC1.COc1ccc(C#N)cc1[C@H](C)Nc1ncc(C=O)cc1C(F)(F)F. The van der Waals surface area contributed by atoms with E-state index in [2.05, 4.69) is 15.6 Å². The topological polar surface area (TPSA) is 145 Å². The molecule has 4 N–H and O–H groups in total. The van der Waals surface area contributed by atoms with Crippen LogP contribution in [-0.2, 0) is 11.0 Å². The largest absolute Gasteiger partial charge is 0.496 e. The lowest BCUT2D eigenvalue weighted by Gasteiger charge is -2.39. The van der Waals surface area contributed by atoms with Crippen molar-refractivity contribution in [1.29, 1.82) is 5.26 Å². The Morgan fingerprint density at radius 1 is 1.28 bits per heavy atom. The van der Waals surface area contributed by atoms with Crippen LogP contribution in [0.15, 0.2) is 30.5 Å². The van der Waals surface area contributed by atoms with Crippen molar-refractivity contribution in [2.75, 3.05) is 19.5 Å². The number of nitrogens with one attached hydrogen (secondary N) is 2. The van der Waals surface area contributed by atoms with Gasteiger partial charge in [-0.05, 0) is 70.8 Å². The number of nitriles is 1. The van der Waals surface area contributed by atoms with E-state index in [1.165, 1.54) is 13.2 Å². The molecule has 0 radical (unpaired) electrons. The summed E-state index contributed by atoms with van der Waals surface area (Å²) in [5.74, 6) is -0.976. The minimum absolute atomic E-state index is 0.0252. The number of likely N-dealkylation sites (N-methyl/N-ethyl adjacent to an activating group) is 1. The molecular weight excluding hydrogens is 517 g/mol. The lowest BCUT2D eigenvalue weighted by Crippen LogP contribution is -2.50. The Bertz CT molecular complexity index is 1190. The molecule has 0 spiro atoms. The summed E-state index contributed by atoms with van der Waals surface area (Å²) in [5, 5.41) is 33.7. The number of methoxy groups -OCH3 is 1. The standard InChI is InChI=1S/C17H14F3N3O2.C10H19NO3/c1-10(13-5-11(7-21)3-4-15(13)25-2)23-16-14(17(18,19)20)6-12(9-24)8-22-16;1-7(11-2)10(14)5-3-8(4-6-10)9(12)13/h3-6,8-10H,1-2H3,(H,22,23);7-8,11,14H,3-6H2,1-2H3,(H,12,13)/t10-;/m0./s1. The van der Waals surface area contributed by atoms with Gasteiger partial charge in [-0.1, -0.05) is 0 Å². The monoisotopic (exact) mass is 550 g/mol. The highest BCUT2D eigenvalue weighted by Gasteiger charge is 2.39. The molecule has 0 bridgehead atoms. The number of aliphatic carboxylic acids is 1. The second-order valence-corrected chi connectivity index (χ2v) is 9.44. The smallest absolute Gasteiger partial charge is 0.419 e. The summed E-state index contributed by atoms with van der Waals surface area (Å²) in [6, 6.07) is 6.75. The van der Waals surface area contributed by atoms with Gasteiger partial charge >= 0.3 is 12.1 Å². The minimum atomic E-state index is -4.67. The molecule has 1 saturated carbocycles. The Hall–Kier alpha value is -3.69. The number of nitrogens with zero attached hydrogens (tertiary/aromatic N) is 2. The molecular formula is C27H33F3N4O5. The van der Waals surface area contributed by atoms with Crippen LogP contribution in [0.2, 0.25) is 0 Å². The van der Waals surface area contributed by atoms with Crippen LogP contribution >= 0.6 is 0 Å². The van der Waals surface area contributed by atoms with Crippen LogP contribution in [0.25, 0.3) is 0 Å². The lowest BCUT2D eigenvalue weighted by atomic mass is 9.75. The summed E-state index contributed by atoms with van der Waals surface area (Å²) < 4.78 is 44.9. The van der Waals surface area contributed by atoms with Gasteiger partial charge in [0.2, 0.25) is 0 Å². The second kappa shape index (κ2) is 13.4. The minimum Gasteiger partial charge on any atom is -0.496 e. The number of carboxylic acids is 1. The van der Waals surface area contributed by atoms with Crippen molar-refractivity contribution < 1.29 is 37.7 Å². The van der Waals surface area contributed by atoms with E-state index in [4.69, 9.17) is 15.1 Å². The van der Waals surface area contributed by atoms with Gasteiger partial charge in [-0.2, -0.15) is 18.4 Å². The molecule has 0 amide bonds. The van der Waals surface area contributed by atoms with E-state index in [9.17, 15) is 27.9 Å². The number of rotatable bonds is 8. The van der Waals surface area contributed by atoms with Crippen LogP contribution in [-0.4, -0.2) is 53.3 Å². The van der Waals surface area contributed by atoms with Gasteiger partial charge in [0, 0.05) is 23.4 Å². The summed E-state index contributed by atoms with van der Waals surface area (Å²) in [6.07, 6.45) is -1.00. The molecule has 3 rings (SSSR count). The molecule has 1 unspecified atom stereocenters. The van der Waals surface area contributed by atoms with Crippen molar-refractivity contribution in [2.45, 2.75) is 63.4 Å². The molecule has 0 aliphatic heterocycles. The lowest BCUT2D eigenvalue weighted by molar-refractivity contribution is -0.145. The van der Waals surface area contributed by atoms with E-state index in [1.807, 2.05) is 20.0 Å². The summed E-state index contributed by atoms with van der Waals surface area (Å²) in [6.45, 7) is 3.55. The maximum atomic E-state index is 13.2. The number of pyridine rings is 1. The number of anilines is 1. The van der Waals surface area contributed by atoms with Gasteiger partial charge in [-0.25, -0.2) is 4.98 Å². The first-order valence-electron chi connectivity index (χ1n) is 12.3. The molecule has 1 fully saturated rings. The number of aliphatic hydroxyl groups is 1. The van der Waals surface area contributed by atoms with Crippen LogP contribution < -0.4 is 15.4 Å². The van der Waals surface area contributed by atoms with Gasteiger partial charge < -0.3 is 25.6 Å². The fourth-order valence-corrected chi connectivity index (χ4v) is 4.37. The number of hydrogen-bond donors (Lipinski definition) is 4. The predicted molar refractivity (Wildman–Crippen MR) is 137 cm³/mol. The van der Waals surface area contributed by atoms with E-state index in [0.717, 1.165) is 12.3 Å². The third-order valence-electron chi connectivity index (χ3n) is 6.97. The predicted octanol–water partition coefficient (Wildman–Crippen LogP) is 4.57. The number of benzene rings is 1. The Balaban J connectivity index is 0.000000322. The van der Waals surface area contributed by atoms with E-state index in [-0.39, 0.29) is 17.5 Å². The van der Waals surface area contributed by atoms with E-state index in [0.29, 0.717) is 48.8 Å². The molecule has 12 heteroatoms. The number of carbonyl (C=O) groups excluding carboxylic acids is 1. The van der Waals surface area contributed by atoms with Gasteiger partial charge in [0.25, 0.3) is 0 Å². The number of alkyl halides is 3. The number of aromatic nitrogens is 1. The summed E-state index contributed by atoms with van der Waals surface area (Å²) in [4.78, 5) is 25.1. The van der Waals surface area contributed by atoms with Crippen molar-refractivity contribution in [3.63, 3.8) is 0 Å². The molecule has 1 aromatic carbocycles. The van der Waals surface area contributed by atoms with Crippen molar-refractivity contribution in [2.24, 2.45) is 5.92 Å². The van der Waals surface area contributed by atoms with Crippen molar-refractivity contribution in [3.05, 3.63) is 52.7 Å². The molecule has 2 aromatic rings. The van der Waals surface area contributed by atoms with E-state index >= 15 is 0 Å². The number of aldehydes is 1. The van der Waals surface area contributed by atoms with Crippen LogP contribution in [0.5, 0.6) is 5.75 Å². The Morgan fingerprint density at radius 3 is 2.41 bits per heavy atom. The van der Waals surface area contributed by atoms with Crippen LogP contribution in [0.4, 0.5) is 19.0 Å². The summed E-state index contributed by atoms with van der Waals surface area (Å²) in [7, 11) is 3.24. The number of carboxylic acid groups (broad SMARTS) is 1. The zero-order valence-electron chi connectivity index (χ0n) is 22.2. The van der Waals surface area contributed by atoms with Gasteiger partial charge in [0.05, 0.1) is 41.9 Å². The maximum Gasteiger partial charge on any atom is 0.419 e. The van der Waals surface area contributed by atoms with Gasteiger partial charge in [-0.3, -0.25) is 9.59 Å². The van der Waals surface area contributed by atoms with Gasteiger partial charge in [-0.15, -0.1) is 0 Å². The number of hydrogen-bond acceptors (Lipinski definition) is 8. The first-order chi connectivity index (χ1) is 18.3. The third-order valence-corrected chi connectivity index (χ3v) is 6.97. The normalized spacial score (nSPS) is 20.4. The molecule has 39 heavy (non-hydrogen) atoms. The van der Waals surface area contributed by atoms with Crippen molar-refractivity contribution in [3.8, 4) is 11.8 Å². The quantitative estimate of drug-likeness (QED) is 0.348. The molecule has 9 nitrogen and oxygen atoms in total. The maximum absolute atomic E-state index is 13.2. The molecule has 212 valence electrons.